The molecule has 30 heavy (non-hydrogen) atoms. The van der Waals surface area contributed by atoms with Gasteiger partial charge in [-0.1, -0.05) is 102 Å². The minimum Gasteiger partial charge on any atom is -0.311 e. The Hall–Kier alpha value is -3.06. The average Bonchev–Trinajstić information content (AvgIpc) is 2.79. The summed E-state index contributed by atoms with van der Waals surface area (Å²) >= 11 is 0. The van der Waals surface area contributed by atoms with Crippen molar-refractivity contribution in [2.45, 2.75) is 47.0 Å². The Balaban J connectivity index is 0.00000155. The van der Waals surface area contributed by atoms with E-state index in [1.165, 1.54) is 16.7 Å². The Kier molecular flexibility index (Phi) is 8.24. The van der Waals surface area contributed by atoms with Crippen molar-refractivity contribution in [1.29, 1.82) is 0 Å². The van der Waals surface area contributed by atoms with Gasteiger partial charge < -0.3 is 4.90 Å². The molecule has 0 aliphatic heterocycles. The van der Waals surface area contributed by atoms with Crippen molar-refractivity contribution in [2.24, 2.45) is 0 Å². The van der Waals surface area contributed by atoms with Crippen LogP contribution in [0.2, 0.25) is 0 Å². The van der Waals surface area contributed by atoms with Crippen molar-refractivity contribution in [1.82, 2.24) is 0 Å². The van der Waals surface area contributed by atoms with Gasteiger partial charge in [-0.2, -0.15) is 0 Å². The summed E-state index contributed by atoms with van der Waals surface area (Å²) in [6.07, 6.45) is 4.00. The van der Waals surface area contributed by atoms with Crippen LogP contribution in [0.4, 0.5) is 11.4 Å². The van der Waals surface area contributed by atoms with E-state index in [0.29, 0.717) is 0 Å². The van der Waals surface area contributed by atoms with Crippen LogP contribution in [0.1, 0.15) is 47.1 Å². The van der Waals surface area contributed by atoms with Gasteiger partial charge >= 0.3 is 0 Å². The fourth-order valence-corrected chi connectivity index (χ4v) is 3.33. The van der Waals surface area contributed by atoms with Gasteiger partial charge in [-0.05, 0) is 59.4 Å². The Bertz CT molecular complexity index is 940. The summed E-state index contributed by atoms with van der Waals surface area (Å²) in [7, 11) is 0. The van der Waals surface area contributed by atoms with Gasteiger partial charge in [-0.25, -0.2) is 0 Å². The molecule has 0 aliphatic rings. The molecule has 3 aromatic rings. The average molecular weight is 398 g/mol. The summed E-state index contributed by atoms with van der Waals surface area (Å²) in [5, 5.41) is 0. The monoisotopic (exact) mass is 397 g/mol. The maximum Gasteiger partial charge on any atom is 0.0461 e. The van der Waals surface area contributed by atoms with Gasteiger partial charge in [0, 0.05) is 17.1 Å². The molecule has 0 saturated heterocycles. The van der Waals surface area contributed by atoms with E-state index in [2.05, 4.69) is 111 Å². The van der Waals surface area contributed by atoms with E-state index in [0.717, 1.165) is 17.1 Å². The van der Waals surface area contributed by atoms with Crippen LogP contribution in [-0.2, 0) is 5.41 Å². The highest BCUT2D eigenvalue weighted by molar-refractivity contribution is 5.73. The third kappa shape index (κ3) is 5.51. The molecule has 0 bridgehead atoms. The molecule has 1 heteroatoms. The fourth-order valence-electron chi connectivity index (χ4n) is 3.33. The van der Waals surface area contributed by atoms with E-state index >= 15 is 0 Å². The molecule has 0 N–H and O–H groups in total. The summed E-state index contributed by atoms with van der Waals surface area (Å²) in [5.74, 6) is 0. The Morgan fingerprint density at radius 2 is 1.20 bits per heavy atom. The molecule has 1 nitrogen and oxygen atoms in total. The highest BCUT2D eigenvalue weighted by Crippen LogP contribution is 2.33. The van der Waals surface area contributed by atoms with E-state index in [1.54, 1.807) is 0 Å². The molecular weight excluding hydrogens is 362 g/mol. The molecule has 0 unspecified atom stereocenters. The van der Waals surface area contributed by atoms with E-state index < -0.39 is 0 Å². The van der Waals surface area contributed by atoms with Crippen LogP contribution in [0, 0.1) is 0 Å². The molecule has 0 heterocycles. The lowest BCUT2D eigenvalue weighted by Gasteiger charge is -2.27. The molecule has 0 fully saturated rings. The second kappa shape index (κ2) is 10.6. The first kappa shape index (κ1) is 23.2. The number of nitrogens with zero attached hydrogens (tertiary/aromatic N) is 1. The first-order chi connectivity index (χ1) is 14.4. The Labute approximate surface area is 183 Å². The van der Waals surface area contributed by atoms with E-state index in [9.17, 15) is 0 Å². The maximum absolute atomic E-state index is 4.02. The summed E-state index contributed by atoms with van der Waals surface area (Å²) in [6.45, 7) is 16.8. The Morgan fingerprint density at radius 3 is 1.63 bits per heavy atom. The predicted molar refractivity (Wildman–Crippen MR) is 134 cm³/mol. The second-order valence-corrected chi connectivity index (χ2v) is 7.96. The molecule has 3 rings (SSSR count). The zero-order chi connectivity index (χ0) is 22.1. The number of anilines is 2. The Morgan fingerprint density at radius 1 is 0.733 bits per heavy atom. The number of hydrogen-bond acceptors (Lipinski definition) is 1. The molecule has 0 saturated carbocycles. The molecule has 0 aromatic heterocycles. The van der Waals surface area contributed by atoms with Crippen LogP contribution in [0.3, 0.4) is 0 Å². The maximum atomic E-state index is 4.02. The summed E-state index contributed by atoms with van der Waals surface area (Å²) in [5.41, 5.74) is 7.23. The highest BCUT2D eigenvalue weighted by Gasteiger charge is 2.16. The van der Waals surface area contributed by atoms with E-state index in [4.69, 9.17) is 0 Å². The molecule has 156 valence electrons. The van der Waals surface area contributed by atoms with Gasteiger partial charge in [0.2, 0.25) is 0 Å². The molecule has 0 atom stereocenters. The molecule has 3 aromatic carbocycles. The smallest absolute Gasteiger partial charge is 0.0461 e. The summed E-state index contributed by atoms with van der Waals surface area (Å²) < 4.78 is 0. The van der Waals surface area contributed by atoms with Crippen LogP contribution in [0.25, 0.3) is 11.1 Å². The molecule has 0 spiro atoms. The minimum absolute atomic E-state index is 0.141. The zero-order valence-corrected chi connectivity index (χ0v) is 19.3. The van der Waals surface area contributed by atoms with Crippen molar-refractivity contribution in [3.05, 3.63) is 109 Å². The minimum atomic E-state index is 0.141. The van der Waals surface area contributed by atoms with Crippen molar-refractivity contribution in [2.75, 3.05) is 4.90 Å². The lowest BCUT2D eigenvalue weighted by molar-refractivity contribution is 0.590. The highest BCUT2D eigenvalue weighted by atomic mass is 15.1. The number of allylic oxidation sites excluding steroid dienone is 2. The largest absolute Gasteiger partial charge is 0.311 e. The normalized spacial score (nSPS) is 11.3. The third-order valence-electron chi connectivity index (χ3n) is 4.99. The van der Waals surface area contributed by atoms with E-state index in [1.807, 2.05) is 32.9 Å². The van der Waals surface area contributed by atoms with Crippen LogP contribution < -0.4 is 4.90 Å². The third-order valence-corrected chi connectivity index (χ3v) is 4.99. The van der Waals surface area contributed by atoms with Gasteiger partial charge in [-0.15, -0.1) is 0 Å². The van der Waals surface area contributed by atoms with Gasteiger partial charge in [0.25, 0.3) is 0 Å². The topological polar surface area (TPSA) is 3.24 Å². The molecule has 0 amide bonds. The van der Waals surface area contributed by atoms with Crippen LogP contribution in [0.15, 0.2) is 103 Å². The van der Waals surface area contributed by atoms with Crippen molar-refractivity contribution >= 4 is 11.4 Å². The van der Waals surface area contributed by atoms with Crippen molar-refractivity contribution < 1.29 is 0 Å². The molecule has 0 aliphatic carbocycles. The number of benzene rings is 3. The van der Waals surface area contributed by atoms with Crippen LogP contribution in [-0.4, -0.2) is 0 Å². The molecular formula is C29H35N. The summed E-state index contributed by atoms with van der Waals surface area (Å²) in [6, 6.07) is 28.0. The standard InChI is InChI=1S/C27H29N.C2H6/c1-6-24(7-2)28(26-19-15-23(16-20-26)27(3,4)5)25-17-13-22(14-18-25)21-11-9-8-10-12-21;1-2/h6-20H,1H2,2-5H3;1-2H3/b24-7+;. The lowest BCUT2D eigenvalue weighted by atomic mass is 9.87. The molecule has 0 radical (unpaired) electrons. The SMILES string of the molecule is C=C/C(=C\C)N(c1ccc(-c2ccccc2)cc1)c1ccc(C(C)(C)C)cc1.CC. The van der Waals surface area contributed by atoms with Gasteiger partial charge in [-0.3, -0.25) is 0 Å². The van der Waals surface area contributed by atoms with Crippen molar-refractivity contribution in [3.63, 3.8) is 0 Å². The van der Waals surface area contributed by atoms with Crippen LogP contribution >= 0.6 is 0 Å². The second-order valence-electron chi connectivity index (χ2n) is 7.96. The fraction of sp³-hybridized carbons (Fsp3) is 0.241. The van der Waals surface area contributed by atoms with Crippen molar-refractivity contribution in [3.8, 4) is 11.1 Å². The van der Waals surface area contributed by atoms with E-state index in [-0.39, 0.29) is 5.41 Å². The van der Waals surface area contributed by atoms with Gasteiger partial charge in [0.05, 0.1) is 0 Å². The van der Waals surface area contributed by atoms with Crippen LogP contribution in [0.5, 0.6) is 0 Å². The zero-order valence-electron chi connectivity index (χ0n) is 19.3. The lowest BCUT2D eigenvalue weighted by Crippen LogP contribution is -2.16. The first-order valence-corrected chi connectivity index (χ1v) is 10.8. The number of rotatable bonds is 5. The predicted octanol–water partition coefficient (Wildman–Crippen LogP) is 8.91. The first-order valence-electron chi connectivity index (χ1n) is 10.8. The summed E-state index contributed by atoms with van der Waals surface area (Å²) in [4.78, 5) is 2.24. The number of hydrogen-bond donors (Lipinski definition) is 0. The quantitative estimate of drug-likeness (QED) is 0.388. The van der Waals surface area contributed by atoms with Gasteiger partial charge in [0.1, 0.15) is 0 Å². The van der Waals surface area contributed by atoms with Gasteiger partial charge in [0.15, 0.2) is 0 Å².